The number of sulfonamides is 1. The minimum absolute atomic E-state index is 0.0247. The second-order valence-corrected chi connectivity index (χ2v) is 8.44. The summed E-state index contributed by atoms with van der Waals surface area (Å²) >= 11 is 5.82. The number of alkyl halides is 3. The lowest BCUT2D eigenvalue weighted by Gasteiger charge is -2.20. The normalized spacial score (nSPS) is 29.0. The van der Waals surface area contributed by atoms with Crippen LogP contribution in [-0.4, -0.2) is 31.9 Å². The maximum atomic E-state index is 12.7. The molecular weight excluding hydrogens is 353 g/mol. The van der Waals surface area contributed by atoms with E-state index in [2.05, 4.69) is 0 Å². The highest BCUT2D eigenvalue weighted by Gasteiger charge is 2.45. The van der Waals surface area contributed by atoms with Crippen LogP contribution in [0.25, 0.3) is 0 Å². The number of rotatable bonds is 2. The Morgan fingerprint density at radius 2 is 1.91 bits per heavy atom. The number of nitrogens with two attached hydrogens (primary N) is 1. The van der Waals surface area contributed by atoms with Crippen LogP contribution in [0, 0.1) is 11.8 Å². The first-order valence-corrected chi connectivity index (χ1v) is 9.05. The number of hydrogen-bond donors (Lipinski definition) is 1. The lowest BCUT2D eigenvalue weighted by atomic mass is 9.98. The van der Waals surface area contributed by atoms with Crippen molar-refractivity contribution in [3.05, 3.63) is 28.8 Å². The van der Waals surface area contributed by atoms with E-state index in [1.165, 1.54) is 4.31 Å². The summed E-state index contributed by atoms with van der Waals surface area (Å²) in [5.74, 6) is 0.325. The molecule has 1 aromatic rings. The summed E-state index contributed by atoms with van der Waals surface area (Å²) in [6, 6.07) is 2.29. The molecule has 0 amide bonds. The van der Waals surface area contributed by atoms with Crippen molar-refractivity contribution in [1.82, 2.24) is 4.31 Å². The summed E-state index contributed by atoms with van der Waals surface area (Å²) in [7, 11) is -3.92. The molecule has 1 unspecified atom stereocenters. The fourth-order valence-corrected chi connectivity index (χ4v) is 5.54. The quantitative estimate of drug-likeness (QED) is 0.873. The molecule has 2 fully saturated rings. The van der Waals surface area contributed by atoms with Gasteiger partial charge in [0.2, 0.25) is 10.0 Å². The molecule has 2 aliphatic rings. The van der Waals surface area contributed by atoms with Gasteiger partial charge in [-0.05, 0) is 42.9 Å². The summed E-state index contributed by atoms with van der Waals surface area (Å²) < 4.78 is 64.6. The molecular formula is C14H16ClF3N2O2S. The molecule has 4 nitrogen and oxygen atoms in total. The van der Waals surface area contributed by atoms with E-state index in [0.717, 1.165) is 25.0 Å². The van der Waals surface area contributed by atoms with E-state index in [-0.39, 0.29) is 22.8 Å². The standard InChI is InChI=1S/C14H16ClF3N2O2S/c15-11-5-9(14(16,17)18)2-4-13(11)23(21,22)20-6-8-1-3-12(19)10(8)7-20/h2,4-5,8,10,12H,1,3,6-7,19H2/t8-,10?,12+/m1/s1. The first-order valence-electron chi connectivity index (χ1n) is 7.23. The van der Waals surface area contributed by atoms with E-state index >= 15 is 0 Å². The SMILES string of the molecule is N[C@H]1CC[C@@H]2CN(S(=O)(=O)c3ccc(C(F)(F)F)cc3Cl)CC21. The number of halogens is 4. The third kappa shape index (κ3) is 2.97. The largest absolute Gasteiger partial charge is 0.416 e. The van der Waals surface area contributed by atoms with Crippen LogP contribution in [0.5, 0.6) is 0 Å². The maximum Gasteiger partial charge on any atom is 0.416 e. The lowest BCUT2D eigenvalue weighted by Crippen LogP contribution is -2.33. The third-order valence-corrected chi connectivity index (χ3v) is 7.07. The van der Waals surface area contributed by atoms with Crippen LogP contribution in [0.1, 0.15) is 18.4 Å². The number of fused-ring (bicyclic) bond motifs is 1. The fraction of sp³-hybridized carbons (Fsp3) is 0.571. The Hall–Kier alpha value is -0.830. The Balaban J connectivity index is 1.89. The van der Waals surface area contributed by atoms with Gasteiger partial charge in [0.1, 0.15) is 4.90 Å². The average molecular weight is 369 g/mol. The molecule has 1 saturated heterocycles. The summed E-state index contributed by atoms with van der Waals surface area (Å²) in [5.41, 5.74) is 5.02. The Kier molecular flexibility index (Phi) is 4.15. The van der Waals surface area contributed by atoms with Gasteiger partial charge in [-0.25, -0.2) is 8.42 Å². The van der Waals surface area contributed by atoms with Gasteiger partial charge in [-0.2, -0.15) is 17.5 Å². The summed E-state index contributed by atoms with van der Waals surface area (Å²) in [4.78, 5) is -0.291. The van der Waals surface area contributed by atoms with Crippen molar-refractivity contribution < 1.29 is 21.6 Å². The lowest BCUT2D eigenvalue weighted by molar-refractivity contribution is -0.137. The van der Waals surface area contributed by atoms with Crippen LogP contribution in [0.4, 0.5) is 13.2 Å². The zero-order valence-corrected chi connectivity index (χ0v) is 13.6. The minimum atomic E-state index is -4.57. The summed E-state index contributed by atoms with van der Waals surface area (Å²) in [6.07, 6.45) is -2.81. The van der Waals surface area contributed by atoms with Crippen LogP contribution >= 0.6 is 11.6 Å². The first-order chi connectivity index (χ1) is 10.6. The monoisotopic (exact) mass is 368 g/mol. The summed E-state index contributed by atoms with van der Waals surface area (Å²) in [6.45, 7) is 0.642. The molecule has 1 aromatic carbocycles. The van der Waals surface area contributed by atoms with Gasteiger partial charge >= 0.3 is 6.18 Å². The van der Waals surface area contributed by atoms with Gasteiger partial charge in [-0.15, -0.1) is 0 Å². The van der Waals surface area contributed by atoms with E-state index in [4.69, 9.17) is 17.3 Å². The molecule has 128 valence electrons. The molecule has 1 aliphatic heterocycles. The molecule has 1 saturated carbocycles. The minimum Gasteiger partial charge on any atom is -0.327 e. The molecule has 9 heteroatoms. The predicted octanol–water partition coefficient (Wildman–Crippen LogP) is 2.72. The van der Waals surface area contributed by atoms with Crippen LogP contribution in [0.15, 0.2) is 23.1 Å². The molecule has 0 spiro atoms. The molecule has 3 rings (SSSR count). The fourth-order valence-electron chi connectivity index (χ4n) is 3.49. The van der Waals surface area contributed by atoms with Crippen molar-refractivity contribution >= 4 is 21.6 Å². The third-order valence-electron chi connectivity index (χ3n) is 4.76. The van der Waals surface area contributed by atoms with E-state index in [1.807, 2.05) is 0 Å². The van der Waals surface area contributed by atoms with Crippen molar-refractivity contribution in [3.8, 4) is 0 Å². The highest BCUT2D eigenvalue weighted by atomic mass is 35.5. The smallest absolute Gasteiger partial charge is 0.327 e. The van der Waals surface area contributed by atoms with Crippen molar-refractivity contribution in [1.29, 1.82) is 0 Å². The van der Waals surface area contributed by atoms with Gasteiger partial charge in [0.25, 0.3) is 0 Å². The molecule has 1 aliphatic carbocycles. The second-order valence-electron chi connectivity index (χ2n) is 6.13. The van der Waals surface area contributed by atoms with Gasteiger partial charge in [0.05, 0.1) is 10.6 Å². The molecule has 3 atom stereocenters. The second kappa shape index (κ2) is 5.61. The molecule has 0 radical (unpaired) electrons. The zero-order valence-electron chi connectivity index (χ0n) is 12.1. The van der Waals surface area contributed by atoms with Crippen LogP contribution in [-0.2, 0) is 16.2 Å². The summed E-state index contributed by atoms with van der Waals surface area (Å²) in [5, 5.41) is -0.416. The van der Waals surface area contributed by atoms with Crippen molar-refractivity contribution in [2.75, 3.05) is 13.1 Å². The zero-order chi connectivity index (χ0) is 17.0. The topological polar surface area (TPSA) is 63.4 Å². The van der Waals surface area contributed by atoms with E-state index in [9.17, 15) is 21.6 Å². The Morgan fingerprint density at radius 1 is 1.22 bits per heavy atom. The van der Waals surface area contributed by atoms with Gasteiger partial charge in [-0.1, -0.05) is 11.6 Å². The number of benzene rings is 1. The average Bonchev–Trinajstić information content (AvgIpc) is 3.00. The van der Waals surface area contributed by atoms with Gasteiger partial charge in [-0.3, -0.25) is 0 Å². The molecule has 0 bridgehead atoms. The maximum absolute atomic E-state index is 12.7. The van der Waals surface area contributed by atoms with Crippen LogP contribution < -0.4 is 5.73 Å². The molecule has 2 N–H and O–H groups in total. The van der Waals surface area contributed by atoms with Crippen molar-refractivity contribution in [2.24, 2.45) is 17.6 Å². The van der Waals surface area contributed by atoms with Crippen molar-refractivity contribution in [2.45, 2.75) is 30.0 Å². The van der Waals surface area contributed by atoms with E-state index in [1.54, 1.807) is 0 Å². The number of nitrogens with zero attached hydrogens (tertiary/aromatic N) is 1. The van der Waals surface area contributed by atoms with Crippen LogP contribution in [0.2, 0.25) is 5.02 Å². The van der Waals surface area contributed by atoms with Crippen molar-refractivity contribution in [3.63, 3.8) is 0 Å². The first kappa shape index (κ1) is 17.0. The van der Waals surface area contributed by atoms with Gasteiger partial charge in [0.15, 0.2) is 0 Å². The highest BCUT2D eigenvalue weighted by molar-refractivity contribution is 7.89. The van der Waals surface area contributed by atoms with E-state index in [0.29, 0.717) is 19.2 Å². The Bertz CT molecular complexity index is 723. The Labute approximate surface area is 137 Å². The highest BCUT2D eigenvalue weighted by Crippen LogP contribution is 2.40. The molecule has 23 heavy (non-hydrogen) atoms. The molecule has 1 heterocycles. The predicted molar refractivity (Wildman–Crippen MR) is 79.4 cm³/mol. The van der Waals surface area contributed by atoms with Gasteiger partial charge in [0, 0.05) is 19.1 Å². The number of hydrogen-bond acceptors (Lipinski definition) is 3. The molecule has 0 aromatic heterocycles. The van der Waals surface area contributed by atoms with Crippen LogP contribution in [0.3, 0.4) is 0 Å². The Morgan fingerprint density at radius 3 is 2.48 bits per heavy atom. The van der Waals surface area contributed by atoms with E-state index < -0.39 is 26.8 Å². The van der Waals surface area contributed by atoms with Gasteiger partial charge < -0.3 is 5.73 Å².